The van der Waals surface area contributed by atoms with Crippen molar-refractivity contribution in [2.45, 2.75) is 25.9 Å². The first-order valence-electron chi connectivity index (χ1n) is 5.15. The van der Waals surface area contributed by atoms with Gasteiger partial charge in [-0.3, -0.25) is 9.69 Å². The van der Waals surface area contributed by atoms with E-state index < -0.39 is 5.60 Å². The van der Waals surface area contributed by atoms with Gasteiger partial charge in [0, 0.05) is 32.7 Å². The Morgan fingerprint density at radius 3 is 2.57 bits per heavy atom. The summed E-state index contributed by atoms with van der Waals surface area (Å²) in [6.07, 6.45) is 1.91. The normalized spacial score (nSPS) is 20.6. The van der Waals surface area contributed by atoms with Gasteiger partial charge in [0.15, 0.2) is 0 Å². The number of hydrogen-bond acceptors (Lipinski definition) is 3. The predicted octanol–water partition coefficient (Wildman–Crippen LogP) is -0.0786. The highest BCUT2D eigenvalue weighted by atomic mass is 16.3. The van der Waals surface area contributed by atoms with Gasteiger partial charge in [-0.2, -0.15) is 0 Å². The molecule has 0 saturated carbocycles. The molecule has 0 atom stereocenters. The Balaban J connectivity index is 2.38. The molecule has 0 aliphatic carbocycles. The quantitative estimate of drug-likeness (QED) is 0.648. The van der Waals surface area contributed by atoms with E-state index in [0.717, 1.165) is 39.0 Å². The summed E-state index contributed by atoms with van der Waals surface area (Å²) >= 11 is 0. The maximum Gasteiger partial charge on any atom is 0.209 e. The number of rotatable bonds is 3. The van der Waals surface area contributed by atoms with Crippen LogP contribution in [-0.4, -0.2) is 59.6 Å². The molecule has 1 heterocycles. The minimum atomic E-state index is -0.643. The van der Waals surface area contributed by atoms with Crippen LogP contribution in [0, 0.1) is 0 Å². The van der Waals surface area contributed by atoms with Crippen LogP contribution in [-0.2, 0) is 4.79 Å². The third-order valence-electron chi connectivity index (χ3n) is 2.38. The fourth-order valence-corrected chi connectivity index (χ4v) is 1.80. The maximum absolute atomic E-state index is 10.6. The SMILES string of the molecule is CC(C)(O)CN1CCCN(C=O)CC1. The highest BCUT2D eigenvalue weighted by Gasteiger charge is 2.20. The van der Waals surface area contributed by atoms with Gasteiger partial charge < -0.3 is 10.0 Å². The van der Waals surface area contributed by atoms with Crippen LogP contribution in [0.4, 0.5) is 0 Å². The van der Waals surface area contributed by atoms with Crippen molar-refractivity contribution in [2.75, 3.05) is 32.7 Å². The van der Waals surface area contributed by atoms with Crippen LogP contribution in [0.15, 0.2) is 0 Å². The summed E-state index contributed by atoms with van der Waals surface area (Å²) in [7, 11) is 0. The lowest BCUT2D eigenvalue weighted by Crippen LogP contribution is -2.40. The fourth-order valence-electron chi connectivity index (χ4n) is 1.80. The van der Waals surface area contributed by atoms with Crippen molar-refractivity contribution >= 4 is 6.41 Å². The zero-order valence-electron chi connectivity index (χ0n) is 9.07. The molecule has 0 radical (unpaired) electrons. The van der Waals surface area contributed by atoms with Crippen molar-refractivity contribution in [3.8, 4) is 0 Å². The van der Waals surface area contributed by atoms with Crippen molar-refractivity contribution in [2.24, 2.45) is 0 Å². The summed E-state index contributed by atoms with van der Waals surface area (Å²) in [6, 6.07) is 0. The number of aliphatic hydroxyl groups is 1. The van der Waals surface area contributed by atoms with Crippen LogP contribution in [0.25, 0.3) is 0 Å². The van der Waals surface area contributed by atoms with Gasteiger partial charge in [-0.05, 0) is 20.3 Å². The second kappa shape index (κ2) is 4.75. The zero-order valence-corrected chi connectivity index (χ0v) is 9.07. The molecule has 1 amide bonds. The van der Waals surface area contributed by atoms with E-state index in [4.69, 9.17) is 0 Å². The Morgan fingerprint density at radius 2 is 2.00 bits per heavy atom. The molecule has 1 saturated heterocycles. The highest BCUT2D eigenvalue weighted by Crippen LogP contribution is 2.08. The molecule has 1 fully saturated rings. The topological polar surface area (TPSA) is 43.8 Å². The van der Waals surface area contributed by atoms with Crippen molar-refractivity contribution in [1.82, 2.24) is 9.80 Å². The first-order chi connectivity index (χ1) is 6.51. The predicted molar refractivity (Wildman–Crippen MR) is 55.0 cm³/mol. The van der Waals surface area contributed by atoms with Gasteiger partial charge >= 0.3 is 0 Å². The number of carbonyl (C=O) groups is 1. The van der Waals surface area contributed by atoms with E-state index in [1.807, 2.05) is 13.8 Å². The van der Waals surface area contributed by atoms with Crippen LogP contribution < -0.4 is 0 Å². The van der Waals surface area contributed by atoms with Gasteiger partial charge in [0.2, 0.25) is 6.41 Å². The maximum atomic E-state index is 10.6. The Bertz CT molecular complexity index is 189. The minimum Gasteiger partial charge on any atom is -0.389 e. The van der Waals surface area contributed by atoms with Gasteiger partial charge in [-0.25, -0.2) is 0 Å². The molecule has 4 nitrogen and oxygen atoms in total. The summed E-state index contributed by atoms with van der Waals surface area (Å²) in [4.78, 5) is 14.6. The molecule has 4 heteroatoms. The summed E-state index contributed by atoms with van der Waals surface area (Å²) in [5, 5.41) is 9.66. The Morgan fingerprint density at radius 1 is 1.29 bits per heavy atom. The third-order valence-corrected chi connectivity index (χ3v) is 2.38. The Hall–Kier alpha value is -0.610. The molecule has 1 rings (SSSR count). The molecule has 1 N–H and O–H groups in total. The van der Waals surface area contributed by atoms with E-state index in [9.17, 15) is 9.90 Å². The van der Waals surface area contributed by atoms with E-state index in [1.165, 1.54) is 0 Å². The molecular weight excluding hydrogens is 180 g/mol. The first kappa shape index (κ1) is 11.5. The third kappa shape index (κ3) is 4.07. The van der Waals surface area contributed by atoms with Crippen molar-refractivity contribution < 1.29 is 9.90 Å². The van der Waals surface area contributed by atoms with Crippen LogP contribution >= 0.6 is 0 Å². The second-order valence-electron chi connectivity index (χ2n) is 4.58. The highest BCUT2D eigenvalue weighted by molar-refractivity contribution is 5.46. The summed E-state index contributed by atoms with van der Waals surface area (Å²) in [5.41, 5.74) is -0.643. The lowest BCUT2D eigenvalue weighted by molar-refractivity contribution is -0.118. The van der Waals surface area contributed by atoms with Crippen LogP contribution in [0.3, 0.4) is 0 Å². The van der Waals surface area contributed by atoms with Crippen molar-refractivity contribution in [1.29, 1.82) is 0 Å². The lowest BCUT2D eigenvalue weighted by atomic mass is 10.1. The molecule has 82 valence electrons. The van der Waals surface area contributed by atoms with E-state index in [-0.39, 0.29) is 0 Å². The summed E-state index contributed by atoms with van der Waals surface area (Å²) in [5.74, 6) is 0. The molecule has 14 heavy (non-hydrogen) atoms. The molecule has 1 aliphatic rings. The first-order valence-corrected chi connectivity index (χ1v) is 5.15. The fraction of sp³-hybridized carbons (Fsp3) is 0.900. The Labute approximate surface area is 85.5 Å². The van der Waals surface area contributed by atoms with Crippen LogP contribution in [0.5, 0.6) is 0 Å². The van der Waals surface area contributed by atoms with Gasteiger partial charge in [0.25, 0.3) is 0 Å². The van der Waals surface area contributed by atoms with Gasteiger partial charge in [-0.15, -0.1) is 0 Å². The van der Waals surface area contributed by atoms with Crippen molar-refractivity contribution in [3.05, 3.63) is 0 Å². The number of hydrogen-bond donors (Lipinski definition) is 1. The molecule has 1 aliphatic heterocycles. The number of nitrogens with zero attached hydrogens (tertiary/aromatic N) is 2. The number of carbonyl (C=O) groups excluding carboxylic acids is 1. The molecule has 0 aromatic heterocycles. The van der Waals surface area contributed by atoms with E-state index in [1.54, 1.807) is 4.90 Å². The molecule has 0 bridgehead atoms. The average molecular weight is 200 g/mol. The molecule has 0 aromatic carbocycles. The zero-order chi connectivity index (χ0) is 10.6. The minimum absolute atomic E-state index is 0.643. The molecule has 0 spiro atoms. The standard InChI is InChI=1S/C10H20N2O2/c1-10(2,14)8-11-4-3-5-12(9-13)7-6-11/h9,14H,3-8H2,1-2H3. The molecule has 0 aromatic rings. The van der Waals surface area contributed by atoms with Gasteiger partial charge in [0.05, 0.1) is 5.60 Å². The molecular formula is C10H20N2O2. The smallest absolute Gasteiger partial charge is 0.209 e. The van der Waals surface area contributed by atoms with Crippen LogP contribution in [0.1, 0.15) is 20.3 Å². The Kier molecular flexibility index (Phi) is 3.89. The van der Waals surface area contributed by atoms with Gasteiger partial charge in [0.1, 0.15) is 0 Å². The molecule has 0 unspecified atom stereocenters. The van der Waals surface area contributed by atoms with Crippen molar-refractivity contribution in [3.63, 3.8) is 0 Å². The second-order valence-corrected chi connectivity index (χ2v) is 4.58. The largest absolute Gasteiger partial charge is 0.389 e. The lowest BCUT2D eigenvalue weighted by Gasteiger charge is -2.27. The van der Waals surface area contributed by atoms with Gasteiger partial charge in [-0.1, -0.05) is 0 Å². The number of amides is 1. The van der Waals surface area contributed by atoms with E-state index in [0.29, 0.717) is 6.54 Å². The summed E-state index contributed by atoms with van der Waals surface area (Å²) in [6.45, 7) is 7.76. The van der Waals surface area contributed by atoms with E-state index in [2.05, 4.69) is 4.90 Å². The van der Waals surface area contributed by atoms with E-state index >= 15 is 0 Å². The average Bonchev–Trinajstić information content (AvgIpc) is 2.27. The van der Waals surface area contributed by atoms with Crippen LogP contribution in [0.2, 0.25) is 0 Å². The number of β-amino-alcohol motifs (C(OH)–C–C–N with tert-alkyl or cyclic N) is 1. The summed E-state index contributed by atoms with van der Waals surface area (Å²) < 4.78 is 0. The monoisotopic (exact) mass is 200 g/mol.